The number of aryl methyl sites for hydroxylation is 1. The minimum Gasteiger partial charge on any atom is -0.372 e. The number of rotatable bonds is 6. The van der Waals surface area contributed by atoms with Crippen LogP contribution in [0.15, 0.2) is 12.4 Å². The lowest BCUT2D eigenvalue weighted by Gasteiger charge is -2.22. The van der Waals surface area contributed by atoms with Gasteiger partial charge in [-0.15, -0.1) is 0 Å². The summed E-state index contributed by atoms with van der Waals surface area (Å²) >= 11 is 0. The van der Waals surface area contributed by atoms with Gasteiger partial charge >= 0.3 is 0 Å². The maximum atomic E-state index is 5.97. The van der Waals surface area contributed by atoms with Crippen LogP contribution < -0.4 is 5.73 Å². The highest BCUT2D eigenvalue weighted by Crippen LogP contribution is 2.07. The van der Waals surface area contributed by atoms with Gasteiger partial charge in [0.15, 0.2) is 0 Å². The minimum absolute atomic E-state index is 0.233. The van der Waals surface area contributed by atoms with Crippen LogP contribution in [-0.2, 0) is 17.9 Å². The van der Waals surface area contributed by atoms with Gasteiger partial charge in [0.1, 0.15) is 12.4 Å². The molecule has 15 heavy (non-hydrogen) atoms. The van der Waals surface area contributed by atoms with E-state index < -0.39 is 0 Å². The molecule has 0 saturated carbocycles. The molecule has 4 heteroatoms. The van der Waals surface area contributed by atoms with Crippen LogP contribution in [-0.4, -0.2) is 21.7 Å². The second-order valence-electron chi connectivity index (χ2n) is 4.13. The lowest BCUT2D eigenvalue weighted by molar-refractivity contribution is 0.0719. The van der Waals surface area contributed by atoms with E-state index in [1.54, 1.807) is 6.20 Å². The fourth-order valence-corrected chi connectivity index (χ4v) is 1.25. The van der Waals surface area contributed by atoms with Gasteiger partial charge in [0.25, 0.3) is 0 Å². The minimum atomic E-state index is -0.233. The zero-order valence-corrected chi connectivity index (χ0v) is 9.86. The first-order valence-electron chi connectivity index (χ1n) is 5.45. The number of ether oxygens (including phenoxy) is 1. The predicted octanol–water partition coefficient (Wildman–Crippen LogP) is 1.55. The standard InChI is InChI=1S/C11H21N3O/c1-4-11(3,12)9-15-8-10-13-6-7-14(10)5-2/h6-7H,4-5,8-9,12H2,1-3H3. The summed E-state index contributed by atoms with van der Waals surface area (Å²) in [6, 6.07) is 0. The van der Waals surface area contributed by atoms with Crippen LogP contribution in [0.1, 0.15) is 33.0 Å². The number of nitrogens with zero attached hydrogens (tertiary/aromatic N) is 2. The molecule has 1 aromatic rings. The Morgan fingerprint density at radius 3 is 2.87 bits per heavy atom. The van der Waals surface area contributed by atoms with Crippen molar-refractivity contribution in [3.8, 4) is 0 Å². The summed E-state index contributed by atoms with van der Waals surface area (Å²) < 4.78 is 7.64. The van der Waals surface area contributed by atoms with Gasteiger partial charge in [0, 0.05) is 24.5 Å². The molecule has 0 fully saturated rings. The largest absolute Gasteiger partial charge is 0.372 e. The first kappa shape index (κ1) is 12.2. The van der Waals surface area contributed by atoms with Crippen molar-refractivity contribution in [3.63, 3.8) is 0 Å². The second kappa shape index (κ2) is 5.28. The zero-order valence-electron chi connectivity index (χ0n) is 9.86. The van der Waals surface area contributed by atoms with Crippen LogP contribution in [0.4, 0.5) is 0 Å². The van der Waals surface area contributed by atoms with Crippen molar-refractivity contribution >= 4 is 0 Å². The van der Waals surface area contributed by atoms with Gasteiger partial charge in [-0.05, 0) is 20.3 Å². The number of imidazole rings is 1. The van der Waals surface area contributed by atoms with Crippen molar-refractivity contribution < 1.29 is 4.74 Å². The molecule has 0 bridgehead atoms. The van der Waals surface area contributed by atoms with E-state index in [4.69, 9.17) is 10.5 Å². The molecule has 1 atom stereocenters. The van der Waals surface area contributed by atoms with Crippen molar-refractivity contribution in [2.45, 2.75) is 45.9 Å². The van der Waals surface area contributed by atoms with Crippen molar-refractivity contribution in [2.75, 3.05) is 6.61 Å². The molecule has 0 aromatic carbocycles. The van der Waals surface area contributed by atoms with Crippen LogP contribution in [0.5, 0.6) is 0 Å². The molecule has 0 radical (unpaired) electrons. The topological polar surface area (TPSA) is 53.1 Å². The van der Waals surface area contributed by atoms with Gasteiger partial charge in [-0.1, -0.05) is 6.92 Å². The Kier molecular flexibility index (Phi) is 4.29. The molecular formula is C11H21N3O. The Hall–Kier alpha value is -0.870. The first-order chi connectivity index (χ1) is 7.09. The van der Waals surface area contributed by atoms with E-state index in [-0.39, 0.29) is 5.54 Å². The molecule has 2 N–H and O–H groups in total. The summed E-state index contributed by atoms with van der Waals surface area (Å²) in [6.45, 7) is 8.18. The molecule has 0 aliphatic carbocycles. The average Bonchev–Trinajstić information content (AvgIpc) is 2.65. The molecule has 0 saturated heterocycles. The molecular weight excluding hydrogens is 190 g/mol. The number of nitrogens with two attached hydrogens (primary N) is 1. The van der Waals surface area contributed by atoms with Gasteiger partial charge < -0.3 is 15.0 Å². The molecule has 0 amide bonds. The lowest BCUT2D eigenvalue weighted by atomic mass is 10.0. The van der Waals surface area contributed by atoms with Crippen LogP contribution >= 0.6 is 0 Å². The Bertz CT molecular complexity index is 294. The highest BCUT2D eigenvalue weighted by atomic mass is 16.5. The van der Waals surface area contributed by atoms with Gasteiger partial charge in [0.05, 0.1) is 6.61 Å². The summed E-state index contributed by atoms with van der Waals surface area (Å²) in [5.41, 5.74) is 5.74. The molecule has 4 nitrogen and oxygen atoms in total. The lowest BCUT2D eigenvalue weighted by Crippen LogP contribution is -2.40. The fourth-order valence-electron chi connectivity index (χ4n) is 1.25. The summed E-state index contributed by atoms with van der Waals surface area (Å²) in [5.74, 6) is 0.962. The SMILES string of the molecule is CCn1ccnc1COCC(C)(N)CC. The molecule has 1 heterocycles. The second-order valence-corrected chi connectivity index (χ2v) is 4.13. The van der Waals surface area contributed by atoms with E-state index in [9.17, 15) is 0 Å². The number of hydrogen-bond acceptors (Lipinski definition) is 3. The van der Waals surface area contributed by atoms with Crippen molar-refractivity contribution in [2.24, 2.45) is 5.73 Å². The molecule has 86 valence electrons. The van der Waals surface area contributed by atoms with Crippen LogP contribution in [0.2, 0.25) is 0 Å². The fraction of sp³-hybridized carbons (Fsp3) is 0.727. The first-order valence-corrected chi connectivity index (χ1v) is 5.45. The van der Waals surface area contributed by atoms with Crippen LogP contribution in [0, 0.1) is 0 Å². The third-order valence-corrected chi connectivity index (χ3v) is 2.61. The molecule has 0 aliphatic heterocycles. The quantitative estimate of drug-likeness (QED) is 0.776. The molecule has 0 spiro atoms. The molecule has 0 aliphatic rings. The number of aromatic nitrogens is 2. The van der Waals surface area contributed by atoms with Gasteiger partial charge in [-0.25, -0.2) is 4.98 Å². The van der Waals surface area contributed by atoms with Crippen molar-refractivity contribution in [1.82, 2.24) is 9.55 Å². The van der Waals surface area contributed by atoms with Gasteiger partial charge in [-0.2, -0.15) is 0 Å². The van der Waals surface area contributed by atoms with E-state index in [1.165, 1.54) is 0 Å². The predicted molar refractivity (Wildman–Crippen MR) is 60.4 cm³/mol. The van der Waals surface area contributed by atoms with E-state index in [0.717, 1.165) is 18.8 Å². The van der Waals surface area contributed by atoms with E-state index in [2.05, 4.69) is 23.4 Å². The Balaban J connectivity index is 2.38. The van der Waals surface area contributed by atoms with E-state index in [1.807, 2.05) is 13.1 Å². The number of hydrogen-bond donors (Lipinski definition) is 1. The molecule has 1 rings (SSSR count). The Morgan fingerprint density at radius 2 is 2.27 bits per heavy atom. The third kappa shape index (κ3) is 3.64. The molecule has 1 aromatic heterocycles. The Morgan fingerprint density at radius 1 is 1.53 bits per heavy atom. The monoisotopic (exact) mass is 211 g/mol. The van der Waals surface area contributed by atoms with E-state index in [0.29, 0.717) is 13.2 Å². The van der Waals surface area contributed by atoms with Crippen LogP contribution in [0.25, 0.3) is 0 Å². The zero-order chi connectivity index (χ0) is 11.3. The normalized spacial score (nSPS) is 15.2. The average molecular weight is 211 g/mol. The summed E-state index contributed by atoms with van der Waals surface area (Å²) in [5, 5.41) is 0. The highest BCUT2D eigenvalue weighted by Gasteiger charge is 2.15. The van der Waals surface area contributed by atoms with Gasteiger partial charge in [0.2, 0.25) is 0 Å². The van der Waals surface area contributed by atoms with Gasteiger partial charge in [-0.3, -0.25) is 0 Å². The summed E-state index contributed by atoms with van der Waals surface area (Å²) in [7, 11) is 0. The van der Waals surface area contributed by atoms with Crippen molar-refractivity contribution in [1.29, 1.82) is 0 Å². The highest BCUT2D eigenvalue weighted by molar-refractivity contribution is 4.90. The smallest absolute Gasteiger partial charge is 0.134 e. The van der Waals surface area contributed by atoms with E-state index >= 15 is 0 Å². The van der Waals surface area contributed by atoms with Crippen molar-refractivity contribution in [3.05, 3.63) is 18.2 Å². The third-order valence-electron chi connectivity index (χ3n) is 2.61. The summed E-state index contributed by atoms with van der Waals surface area (Å²) in [4.78, 5) is 4.23. The summed E-state index contributed by atoms with van der Waals surface area (Å²) in [6.07, 6.45) is 4.67. The maximum Gasteiger partial charge on any atom is 0.134 e. The Labute approximate surface area is 91.4 Å². The maximum absolute atomic E-state index is 5.97. The van der Waals surface area contributed by atoms with Crippen LogP contribution in [0.3, 0.4) is 0 Å². The molecule has 1 unspecified atom stereocenters.